The second kappa shape index (κ2) is 4.60. The van der Waals surface area contributed by atoms with Gasteiger partial charge in [-0.3, -0.25) is 9.48 Å². The van der Waals surface area contributed by atoms with E-state index in [2.05, 4.69) is 43.1 Å². The van der Waals surface area contributed by atoms with Gasteiger partial charge in [0.2, 0.25) is 0 Å². The van der Waals surface area contributed by atoms with Crippen LogP contribution in [0.1, 0.15) is 16.5 Å². The molecule has 0 bridgehead atoms. The van der Waals surface area contributed by atoms with Gasteiger partial charge in [0, 0.05) is 13.2 Å². The predicted octanol–water partition coefficient (Wildman–Crippen LogP) is 0.279. The molecule has 0 aromatic carbocycles. The zero-order chi connectivity index (χ0) is 11.5. The van der Waals surface area contributed by atoms with Crippen LogP contribution >= 0.6 is 22.6 Å². The Morgan fingerprint density at radius 1 is 1.69 bits per heavy atom. The lowest BCUT2D eigenvalue weighted by Crippen LogP contribution is -2.18. The van der Waals surface area contributed by atoms with Crippen LogP contribution in [0.5, 0.6) is 0 Å². The summed E-state index contributed by atoms with van der Waals surface area (Å²) < 4.78 is 7.47. The number of rotatable bonds is 3. The fourth-order valence-corrected chi connectivity index (χ4v) is 1.53. The van der Waals surface area contributed by atoms with Crippen LogP contribution in [-0.4, -0.2) is 32.9 Å². The van der Waals surface area contributed by atoms with Gasteiger partial charge in [-0.25, -0.2) is 0 Å². The Labute approximate surface area is 104 Å². The molecule has 84 valence electrons. The van der Waals surface area contributed by atoms with E-state index in [0.29, 0.717) is 12.4 Å². The molecule has 1 N–H and O–H groups in total. The molecule has 0 saturated heterocycles. The van der Waals surface area contributed by atoms with Crippen LogP contribution in [0.4, 0.5) is 0 Å². The van der Waals surface area contributed by atoms with Crippen LogP contribution in [0.25, 0.3) is 0 Å². The minimum Gasteiger partial charge on any atom is -0.351 e. The normalized spacial score (nSPS) is 10.4. The first kappa shape index (κ1) is 11.0. The van der Waals surface area contributed by atoms with Gasteiger partial charge in [-0.05, 0) is 22.6 Å². The summed E-state index contributed by atoms with van der Waals surface area (Å²) in [6.45, 7) is 0.378. The molecule has 0 aliphatic heterocycles. The maximum Gasteiger partial charge on any atom is 0.315 e. The number of hydrogen-bond donors (Lipinski definition) is 1. The van der Waals surface area contributed by atoms with Crippen LogP contribution in [-0.2, 0) is 6.54 Å². The molecule has 0 aliphatic rings. The third-order valence-electron chi connectivity index (χ3n) is 1.79. The molecule has 0 atom stereocenters. The van der Waals surface area contributed by atoms with Crippen molar-refractivity contribution in [3.63, 3.8) is 0 Å². The first-order chi connectivity index (χ1) is 7.69. The maximum absolute atomic E-state index is 11.2. The summed E-state index contributed by atoms with van der Waals surface area (Å²) in [4.78, 5) is 15.1. The van der Waals surface area contributed by atoms with E-state index in [9.17, 15) is 4.79 Å². The monoisotopic (exact) mass is 333 g/mol. The van der Waals surface area contributed by atoms with E-state index in [-0.39, 0.29) is 5.89 Å². The molecule has 8 heteroatoms. The average Bonchev–Trinajstić information content (AvgIpc) is 2.87. The number of nitrogens with one attached hydrogen (secondary N) is 1. The summed E-state index contributed by atoms with van der Waals surface area (Å²) in [6.07, 6.45) is 3.57. The van der Waals surface area contributed by atoms with E-state index in [1.807, 2.05) is 6.20 Å². The summed E-state index contributed by atoms with van der Waals surface area (Å²) in [7, 11) is 1.50. The van der Waals surface area contributed by atoms with Gasteiger partial charge in [0.05, 0.1) is 9.77 Å². The molecule has 2 aromatic heterocycles. The molecule has 16 heavy (non-hydrogen) atoms. The highest BCUT2D eigenvalue weighted by atomic mass is 127. The van der Waals surface area contributed by atoms with Crippen LogP contribution in [0.15, 0.2) is 16.9 Å². The first-order valence-corrected chi connectivity index (χ1v) is 5.49. The number of carbonyl (C=O) groups is 1. The highest BCUT2D eigenvalue weighted by Gasteiger charge is 2.13. The van der Waals surface area contributed by atoms with Crippen molar-refractivity contribution < 1.29 is 9.32 Å². The predicted molar refractivity (Wildman–Crippen MR) is 61.7 cm³/mol. The Balaban J connectivity index is 2.11. The molecular formula is C8H8IN5O2. The molecule has 7 nitrogen and oxygen atoms in total. The molecule has 2 aromatic rings. The second-order valence-corrected chi connectivity index (χ2v) is 4.20. The van der Waals surface area contributed by atoms with Gasteiger partial charge in [0.25, 0.3) is 0 Å². The van der Waals surface area contributed by atoms with Crippen molar-refractivity contribution in [3.05, 3.63) is 27.7 Å². The van der Waals surface area contributed by atoms with Crippen LogP contribution in [0, 0.1) is 3.57 Å². The third-order valence-corrected chi connectivity index (χ3v) is 2.35. The van der Waals surface area contributed by atoms with Crippen molar-refractivity contribution in [3.8, 4) is 0 Å². The quantitative estimate of drug-likeness (QED) is 0.816. The van der Waals surface area contributed by atoms with Crippen LogP contribution < -0.4 is 5.32 Å². The molecule has 2 heterocycles. The SMILES string of the molecule is CNC(=O)c1nc(Cn2cc(I)cn2)no1. The zero-order valence-corrected chi connectivity index (χ0v) is 10.5. The number of hydrogen-bond acceptors (Lipinski definition) is 5. The Morgan fingerprint density at radius 3 is 3.12 bits per heavy atom. The van der Waals surface area contributed by atoms with Gasteiger partial charge >= 0.3 is 11.8 Å². The Bertz CT molecular complexity index is 506. The molecule has 0 fully saturated rings. The molecular weight excluding hydrogens is 325 g/mol. The highest BCUT2D eigenvalue weighted by molar-refractivity contribution is 14.1. The fourth-order valence-electron chi connectivity index (χ4n) is 1.09. The van der Waals surface area contributed by atoms with Gasteiger partial charge in [-0.2, -0.15) is 10.1 Å². The summed E-state index contributed by atoms with van der Waals surface area (Å²) in [5.74, 6) is -0.0220. The Hall–Kier alpha value is -1.45. The molecule has 0 saturated carbocycles. The van der Waals surface area contributed by atoms with E-state index in [0.717, 1.165) is 3.57 Å². The molecule has 0 unspecified atom stereocenters. The van der Waals surface area contributed by atoms with Crippen molar-refractivity contribution in [2.24, 2.45) is 0 Å². The average molecular weight is 333 g/mol. The van der Waals surface area contributed by atoms with E-state index >= 15 is 0 Å². The number of halogens is 1. The van der Waals surface area contributed by atoms with Crippen molar-refractivity contribution >= 4 is 28.5 Å². The smallest absolute Gasteiger partial charge is 0.315 e. The lowest BCUT2D eigenvalue weighted by Gasteiger charge is -1.93. The van der Waals surface area contributed by atoms with Crippen molar-refractivity contribution in [1.82, 2.24) is 25.2 Å². The lowest BCUT2D eigenvalue weighted by atomic mass is 10.5. The van der Waals surface area contributed by atoms with E-state index in [1.54, 1.807) is 10.9 Å². The van der Waals surface area contributed by atoms with Gasteiger partial charge in [0.1, 0.15) is 6.54 Å². The van der Waals surface area contributed by atoms with Gasteiger partial charge < -0.3 is 9.84 Å². The highest BCUT2D eigenvalue weighted by Crippen LogP contribution is 2.04. The largest absolute Gasteiger partial charge is 0.351 e. The standard InChI is InChI=1S/C8H8IN5O2/c1-10-7(15)8-12-6(13-16-8)4-14-3-5(9)2-11-14/h2-3H,4H2,1H3,(H,10,15). The third kappa shape index (κ3) is 2.38. The maximum atomic E-state index is 11.2. The van der Waals surface area contributed by atoms with E-state index < -0.39 is 5.91 Å². The Morgan fingerprint density at radius 2 is 2.50 bits per heavy atom. The lowest BCUT2D eigenvalue weighted by molar-refractivity contribution is 0.0919. The van der Waals surface area contributed by atoms with Crippen LogP contribution in [0.2, 0.25) is 0 Å². The van der Waals surface area contributed by atoms with Gasteiger partial charge in [-0.15, -0.1) is 0 Å². The molecule has 0 radical (unpaired) electrons. The number of aromatic nitrogens is 4. The topological polar surface area (TPSA) is 85.8 Å². The van der Waals surface area contributed by atoms with E-state index in [4.69, 9.17) is 4.52 Å². The molecule has 0 spiro atoms. The molecule has 1 amide bonds. The summed E-state index contributed by atoms with van der Waals surface area (Å²) in [6, 6.07) is 0. The molecule has 0 aliphatic carbocycles. The summed E-state index contributed by atoms with van der Waals surface area (Å²) >= 11 is 2.15. The van der Waals surface area contributed by atoms with Crippen LogP contribution in [0.3, 0.4) is 0 Å². The second-order valence-electron chi connectivity index (χ2n) is 2.95. The zero-order valence-electron chi connectivity index (χ0n) is 8.35. The fraction of sp³-hybridized carbons (Fsp3) is 0.250. The summed E-state index contributed by atoms with van der Waals surface area (Å²) in [5.41, 5.74) is 0. The van der Waals surface area contributed by atoms with Crippen molar-refractivity contribution in [2.45, 2.75) is 6.54 Å². The number of carbonyl (C=O) groups excluding carboxylic acids is 1. The van der Waals surface area contributed by atoms with Crippen molar-refractivity contribution in [2.75, 3.05) is 7.05 Å². The minimum absolute atomic E-state index is 0.0423. The Kier molecular flexibility index (Phi) is 3.17. The van der Waals surface area contributed by atoms with Gasteiger partial charge in [0.15, 0.2) is 5.82 Å². The summed E-state index contributed by atoms with van der Waals surface area (Å²) in [5, 5.41) is 10.2. The number of nitrogens with zero attached hydrogens (tertiary/aromatic N) is 4. The number of amides is 1. The molecule has 2 rings (SSSR count). The van der Waals surface area contributed by atoms with Crippen molar-refractivity contribution in [1.29, 1.82) is 0 Å². The minimum atomic E-state index is -0.395. The van der Waals surface area contributed by atoms with E-state index in [1.165, 1.54) is 7.05 Å². The van der Waals surface area contributed by atoms with Gasteiger partial charge in [-0.1, -0.05) is 5.16 Å². The first-order valence-electron chi connectivity index (χ1n) is 4.41.